The number of nitrogens with zero attached hydrogens (tertiary/aromatic N) is 1. The number of carbonyl (C=O) groups is 1. The van der Waals surface area contributed by atoms with Crippen molar-refractivity contribution in [3.8, 4) is 0 Å². The third-order valence-corrected chi connectivity index (χ3v) is 2.52. The van der Waals surface area contributed by atoms with Gasteiger partial charge in [0.1, 0.15) is 0 Å². The predicted octanol–water partition coefficient (Wildman–Crippen LogP) is 2.21. The molecule has 0 saturated carbocycles. The van der Waals surface area contributed by atoms with Crippen LogP contribution in [-0.2, 0) is 6.54 Å². The van der Waals surface area contributed by atoms with E-state index in [1.807, 2.05) is 45.0 Å². The predicted molar refractivity (Wildman–Crippen MR) is 70.6 cm³/mol. The monoisotopic (exact) mass is 235 g/mol. The Labute approximate surface area is 103 Å². The van der Waals surface area contributed by atoms with Crippen molar-refractivity contribution < 1.29 is 4.79 Å². The minimum Gasteiger partial charge on any atom is -0.399 e. The summed E-state index contributed by atoms with van der Waals surface area (Å²) >= 11 is 0. The Morgan fingerprint density at radius 2 is 2.18 bits per heavy atom. The van der Waals surface area contributed by atoms with Gasteiger partial charge in [-0.2, -0.15) is 0 Å². The molecule has 4 nitrogen and oxygen atoms in total. The Hall–Kier alpha value is -1.71. The maximum atomic E-state index is 11.9. The number of anilines is 1. The van der Waals surface area contributed by atoms with Crippen LogP contribution in [0.4, 0.5) is 10.5 Å². The van der Waals surface area contributed by atoms with E-state index in [-0.39, 0.29) is 12.1 Å². The SMILES string of the molecule is CCNC(=O)N(Cc1cccc(N)c1)C(C)C. The summed E-state index contributed by atoms with van der Waals surface area (Å²) in [6, 6.07) is 7.74. The standard InChI is InChI=1S/C13H21N3O/c1-4-15-13(17)16(10(2)3)9-11-6-5-7-12(14)8-11/h5-8,10H,4,9,14H2,1-3H3,(H,15,17). The second-order valence-electron chi connectivity index (χ2n) is 4.30. The molecule has 0 spiro atoms. The quantitative estimate of drug-likeness (QED) is 0.786. The zero-order valence-electron chi connectivity index (χ0n) is 10.7. The first kappa shape index (κ1) is 13.4. The third kappa shape index (κ3) is 3.98. The molecule has 0 radical (unpaired) electrons. The van der Waals surface area contributed by atoms with Gasteiger partial charge in [0.15, 0.2) is 0 Å². The summed E-state index contributed by atoms with van der Waals surface area (Å²) in [7, 11) is 0. The highest BCUT2D eigenvalue weighted by Crippen LogP contribution is 2.11. The van der Waals surface area contributed by atoms with E-state index in [2.05, 4.69) is 5.32 Å². The van der Waals surface area contributed by atoms with Gasteiger partial charge in [-0.25, -0.2) is 4.79 Å². The van der Waals surface area contributed by atoms with Gasteiger partial charge in [-0.05, 0) is 38.5 Å². The number of benzene rings is 1. The fraction of sp³-hybridized carbons (Fsp3) is 0.462. The molecule has 17 heavy (non-hydrogen) atoms. The fourth-order valence-corrected chi connectivity index (χ4v) is 1.63. The Morgan fingerprint density at radius 3 is 2.71 bits per heavy atom. The minimum absolute atomic E-state index is 0.0371. The Bertz CT molecular complexity index is 377. The van der Waals surface area contributed by atoms with Gasteiger partial charge in [0.25, 0.3) is 0 Å². The first-order valence-electron chi connectivity index (χ1n) is 5.93. The largest absolute Gasteiger partial charge is 0.399 e. The van der Waals surface area contributed by atoms with Gasteiger partial charge in [0.05, 0.1) is 0 Å². The van der Waals surface area contributed by atoms with Gasteiger partial charge < -0.3 is 16.0 Å². The molecule has 0 unspecified atom stereocenters. The van der Waals surface area contributed by atoms with Crippen molar-refractivity contribution in [2.24, 2.45) is 0 Å². The average Bonchev–Trinajstić information content (AvgIpc) is 2.26. The van der Waals surface area contributed by atoms with E-state index in [1.54, 1.807) is 4.90 Å². The van der Waals surface area contributed by atoms with Crippen LogP contribution < -0.4 is 11.1 Å². The first-order valence-corrected chi connectivity index (χ1v) is 5.93. The molecule has 2 amide bonds. The molecule has 4 heteroatoms. The summed E-state index contributed by atoms with van der Waals surface area (Å²) in [5.74, 6) is 0. The van der Waals surface area contributed by atoms with Crippen molar-refractivity contribution in [3.63, 3.8) is 0 Å². The molecule has 0 aliphatic heterocycles. The van der Waals surface area contributed by atoms with Crippen molar-refractivity contribution >= 4 is 11.7 Å². The molecule has 0 heterocycles. The van der Waals surface area contributed by atoms with Crippen LogP contribution in [0.15, 0.2) is 24.3 Å². The lowest BCUT2D eigenvalue weighted by Crippen LogP contribution is -2.43. The smallest absolute Gasteiger partial charge is 0.317 e. The van der Waals surface area contributed by atoms with Crippen molar-refractivity contribution in [1.82, 2.24) is 10.2 Å². The van der Waals surface area contributed by atoms with Crippen molar-refractivity contribution in [2.75, 3.05) is 12.3 Å². The second-order valence-corrected chi connectivity index (χ2v) is 4.30. The van der Waals surface area contributed by atoms with E-state index in [0.29, 0.717) is 13.1 Å². The minimum atomic E-state index is -0.0371. The molecule has 0 atom stereocenters. The number of nitrogen functional groups attached to an aromatic ring is 1. The molecular formula is C13H21N3O. The number of amides is 2. The van der Waals surface area contributed by atoms with Gasteiger partial charge in [-0.1, -0.05) is 12.1 Å². The van der Waals surface area contributed by atoms with Crippen LogP contribution in [0.2, 0.25) is 0 Å². The van der Waals surface area contributed by atoms with Crippen molar-refractivity contribution in [2.45, 2.75) is 33.4 Å². The number of rotatable bonds is 4. The highest BCUT2D eigenvalue weighted by Gasteiger charge is 2.16. The Morgan fingerprint density at radius 1 is 1.47 bits per heavy atom. The number of urea groups is 1. The molecule has 1 rings (SSSR count). The zero-order chi connectivity index (χ0) is 12.8. The number of carbonyl (C=O) groups excluding carboxylic acids is 1. The van der Waals surface area contributed by atoms with Gasteiger partial charge in [0, 0.05) is 24.8 Å². The molecule has 94 valence electrons. The summed E-state index contributed by atoms with van der Waals surface area (Å²) in [6.07, 6.45) is 0. The molecule has 0 fully saturated rings. The lowest BCUT2D eigenvalue weighted by Gasteiger charge is -2.27. The van der Waals surface area contributed by atoms with E-state index in [0.717, 1.165) is 11.3 Å². The van der Waals surface area contributed by atoms with Gasteiger partial charge in [-0.15, -0.1) is 0 Å². The molecule has 1 aromatic carbocycles. The van der Waals surface area contributed by atoms with Crippen molar-refractivity contribution in [1.29, 1.82) is 0 Å². The molecular weight excluding hydrogens is 214 g/mol. The van der Waals surface area contributed by atoms with Crippen LogP contribution in [0.5, 0.6) is 0 Å². The topological polar surface area (TPSA) is 58.4 Å². The molecule has 0 saturated heterocycles. The van der Waals surface area contributed by atoms with Crippen molar-refractivity contribution in [3.05, 3.63) is 29.8 Å². The summed E-state index contributed by atoms with van der Waals surface area (Å²) in [5.41, 5.74) is 7.50. The Kier molecular flexibility index (Phi) is 4.82. The normalized spacial score (nSPS) is 10.4. The summed E-state index contributed by atoms with van der Waals surface area (Å²) in [5, 5.41) is 2.82. The average molecular weight is 235 g/mol. The molecule has 0 aliphatic carbocycles. The second kappa shape index (κ2) is 6.13. The molecule has 0 bridgehead atoms. The van der Waals surface area contributed by atoms with Gasteiger partial charge in [0.2, 0.25) is 0 Å². The van der Waals surface area contributed by atoms with Crippen LogP contribution in [0, 0.1) is 0 Å². The molecule has 0 aliphatic rings. The highest BCUT2D eigenvalue weighted by molar-refractivity contribution is 5.74. The van der Waals surface area contributed by atoms with E-state index >= 15 is 0 Å². The van der Waals surface area contributed by atoms with E-state index < -0.39 is 0 Å². The first-order chi connectivity index (χ1) is 8.04. The molecule has 3 N–H and O–H groups in total. The maximum absolute atomic E-state index is 11.9. The summed E-state index contributed by atoms with van der Waals surface area (Å²) in [4.78, 5) is 13.6. The van der Waals surface area contributed by atoms with Gasteiger partial charge in [-0.3, -0.25) is 0 Å². The number of hydrogen-bond donors (Lipinski definition) is 2. The number of hydrogen-bond acceptors (Lipinski definition) is 2. The van der Waals surface area contributed by atoms with Crippen LogP contribution in [0.3, 0.4) is 0 Å². The lowest BCUT2D eigenvalue weighted by molar-refractivity contribution is 0.180. The van der Waals surface area contributed by atoms with Crippen LogP contribution in [0.25, 0.3) is 0 Å². The van der Waals surface area contributed by atoms with E-state index in [4.69, 9.17) is 5.73 Å². The Balaban J connectivity index is 2.76. The van der Waals surface area contributed by atoms with E-state index in [1.165, 1.54) is 0 Å². The van der Waals surface area contributed by atoms with Crippen LogP contribution in [0.1, 0.15) is 26.3 Å². The van der Waals surface area contributed by atoms with Gasteiger partial charge >= 0.3 is 6.03 Å². The lowest BCUT2D eigenvalue weighted by atomic mass is 10.2. The third-order valence-electron chi connectivity index (χ3n) is 2.52. The summed E-state index contributed by atoms with van der Waals surface area (Å²) < 4.78 is 0. The number of nitrogens with two attached hydrogens (primary N) is 1. The highest BCUT2D eigenvalue weighted by atomic mass is 16.2. The molecule has 1 aromatic rings. The van der Waals surface area contributed by atoms with E-state index in [9.17, 15) is 4.79 Å². The summed E-state index contributed by atoms with van der Waals surface area (Å²) in [6.45, 7) is 7.13. The number of nitrogens with one attached hydrogen (secondary N) is 1. The zero-order valence-corrected chi connectivity index (χ0v) is 10.7. The van der Waals surface area contributed by atoms with Crippen LogP contribution in [-0.4, -0.2) is 23.5 Å². The van der Waals surface area contributed by atoms with Crippen LogP contribution >= 0.6 is 0 Å². The fourth-order valence-electron chi connectivity index (χ4n) is 1.63. The maximum Gasteiger partial charge on any atom is 0.317 e. The molecule has 0 aromatic heterocycles.